The fraction of sp³-hybridized carbons (Fsp3) is 0.400. The molecule has 23 heavy (non-hydrogen) atoms. The van der Waals surface area contributed by atoms with Gasteiger partial charge in [0.05, 0.1) is 0 Å². The highest BCUT2D eigenvalue weighted by Crippen LogP contribution is 2.27. The minimum atomic E-state index is -0.999. The standard InChI is InChI=1S/C20H25FOS/c1-14-10-17(20(3,4)5)11-15(2)19(14)13-23(22)12-16-6-8-18(21)9-7-16/h6-11H,12-13H2,1-5H3/t23-/m1/s1. The summed E-state index contributed by atoms with van der Waals surface area (Å²) in [6, 6.07) is 10.7. The summed E-state index contributed by atoms with van der Waals surface area (Å²) in [4.78, 5) is 0. The van der Waals surface area contributed by atoms with Crippen molar-refractivity contribution in [2.24, 2.45) is 0 Å². The fourth-order valence-electron chi connectivity index (χ4n) is 2.63. The highest BCUT2D eigenvalue weighted by molar-refractivity contribution is 7.83. The Hall–Kier alpha value is -1.48. The topological polar surface area (TPSA) is 17.1 Å². The maximum Gasteiger partial charge on any atom is 0.123 e. The zero-order valence-corrected chi connectivity index (χ0v) is 15.4. The molecule has 2 rings (SSSR count). The van der Waals surface area contributed by atoms with Crippen molar-refractivity contribution in [2.75, 3.05) is 0 Å². The molecule has 0 fully saturated rings. The van der Waals surface area contributed by atoms with Crippen molar-refractivity contribution in [1.82, 2.24) is 0 Å². The van der Waals surface area contributed by atoms with Crippen LogP contribution in [0.25, 0.3) is 0 Å². The van der Waals surface area contributed by atoms with Crippen molar-refractivity contribution in [1.29, 1.82) is 0 Å². The number of hydrogen-bond donors (Lipinski definition) is 0. The number of aryl methyl sites for hydroxylation is 2. The third-order valence-corrected chi connectivity index (χ3v) is 5.37. The Balaban J connectivity index is 2.16. The van der Waals surface area contributed by atoms with Crippen LogP contribution in [0, 0.1) is 19.7 Å². The first-order chi connectivity index (χ1) is 10.7. The average Bonchev–Trinajstić information content (AvgIpc) is 2.44. The molecule has 1 atom stereocenters. The van der Waals surface area contributed by atoms with Crippen molar-refractivity contribution in [3.63, 3.8) is 0 Å². The molecule has 124 valence electrons. The van der Waals surface area contributed by atoms with Crippen LogP contribution >= 0.6 is 0 Å². The minimum absolute atomic E-state index is 0.112. The molecular formula is C20H25FOS. The van der Waals surface area contributed by atoms with E-state index in [1.54, 1.807) is 12.1 Å². The number of hydrogen-bond acceptors (Lipinski definition) is 1. The van der Waals surface area contributed by atoms with E-state index >= 15 is 0 Å². The summed E-state index contributed by atoms with van der Waals surface area (Å²) in [5.74, 6) is 0.739. The highest BCUT2D eigenvalue weighted by atomic mass is 32.2. The predicted molar refractivity (Wildman–Crippen MR) is 96.6 cm³/mol. The molecule has 0 aliphatic heterocycles. The van der Waals surface area contributed by atoms with Gasteiger partial charge in [-0.05, 0) is 59.2 Å². The third kappa shape index (κ3) is 4.74. The first-order valence-electron chi connectivity index (χ1n) is 7.87. The Morgan fingerprint density at radius 1 is 0.957 bits per heavy atom. The summed E-state index contributed by atoms with van der Waals surface area (Å²) < 4.78 is 25.4. The van der Waals surface area contributed by atoms with Crippen molar-refractivity contribution >= 4 is 10.8 Å². The Morgan fingerprint density at radius 3 is 1.96 bits per heavy atom. The smallest absolute Gasteiger partial charge is 0.123 e. The summed E-state index contributed by atoms with van der Waals surface area (Å²) in [5, 5.41) is 0. The van der Waals surface area contributed by atoms with Gasteiger partial charge in [0.2, 0.25) is 0 Å². The van der Waals surface area contributed by atoms with Crippen LogP contribution in [0.3, 0.4) is 0 Å². The summed E-state index contributed by atoms with van der Waals surface area (Å²) in [6.07, 6.45) is 0. The lowest BCUT2D eigenvalue weighted by atomic mass is 9.84. The van der Waals surface area contributed by atoms with Crippen LogP contribution in [-0.4, -0.2) is 4.21 Å². The highest BCUT2D eigenvalue weighted by Gasteiger charge is 2.17. The van der Waals surface area contributed by atoms with E-state index in [2.05, 4.69) is 46.8 Å². The van der Waals surface area contributed by atoms with Gasteiger partial charge in [0, 0.05) is 22.3 Å². The Kier molecular flexibility index (Phi) is 5.41. The molecule has 0 heterocycles. The normalized spacial score (nSPS) is 13.1. The average molecular weight is 332 g/mol. The molecule has 0 aromatic heterocycles. The van der Waals surface area contributed by atoms with Gasteiger partial charge in [-0.3, -0.25) is 4.21 Å². The first-order valence-corrected chi connectivity index (χ1v) is 9.35. The predicted octanol–water partition coefficient (Wildman–Crippen LogP) is 5.19. The van der Waals surface area contributed by atoms with E-state index in [1.807, 2.05) is 0 Å². The molecule has 0 aliphatic carbocycles. The maximum atomic E-state index is 12.9. The molecule has 0 saturated heterocycles. The number of halogens is 1. The summed E-state index contributed by atoms with van der Waals surface area (Å²) in [5.41, 5.74) is 5.89. The molecule has 0 radical (unpaired) electrons. The zero-order valence-electron chi connectivity index (χ0n) is 14.6. The summed E-state index contributed by atoms with van der Waals surface area (Å²) in [6.45, 7) is 10.8. The molecule has 2 aromatic carbocycles. The lowest BCUT2D eigenvalue weighted by Crippen LogP contribution is -2.13. The van der Waals surface area contributed by atoms with Gasteiger partial charge in [-0.1, -0.05) is 45.0 Å². The lowest BCUT2D eigenvalue weighted by Gasteiger charge is -2.22. The van der Waals surface area contributed by atoms with Crippen LogP contribution in [0.15, 0.2) is 36.4 Å². The van der Waals surface area contributed by atoms with Crippen LogP contribution in [-0.2, 0) is 27.7 Å². The summed E-state index contributed by atoms with van der Waals surface area (Å²) in [7, 11) is -0.999. The van der Waals surface area contributed by atoms with E-state index in [0.717, 1.165) is 5.56 Å². The molecule has 0 saturated carbocycles. The lowest BCUT2D eigenvalue weighted by molar-refractivity contribution is 0.589. The van der Waals surface area contributed by atoms with Crippen LogP contribution in [0.4, 0.5) is 4.39 Å². The zero-order chi connectivity index (χ0) is 17.2. The Labute approximate surface area is 141 Å². The van der Waals surface area contributed by atoms with Crippen LogP contribution in [0.5, 0.6) is 0 Å². The number of rotatable bonds is 4. The Bertz CT molecular complexity index is 688. The second-order valence-corrected chi connectivity index (χ2v) is 8.65. The molecular weight excluding hydrogens is 307 g/mol. The SMILES string of the molecule is Cc1cc(C(C)(C)C)cc(C)c1C[S@](=O)Cc1ccc(F)cc1. The van der Waals surface area contributed by atoms with Gasteiger partial charge in [0.25, 0.3) is 0 Å². The second-order valence-electron chi connectivity index (χ2n) is 7.19. The second kappa shape index (κ2) is 6.96. The van der Waals surface area contributed by atoms with Crippen molar-refractivity contribution in [3.8, 4) is 0 Å². The van der Waals surface area contributed by atoms with E-state index < -0.39 is 10.8 Å². The molecule has 3 heteroatoms. The molecule has 0 N–H and O–H groups in total. The molecule has 0 spiro atoms. The van der Waals surface area contributed by atoms with Gasteiger partial charge in [0.1, 0.15) is 5.82 Å². The van der Waals surface area contributed by atoms with Gasteiger partial charge < -0.3 is 0 Å². The van der Waals surface area contributed by atoms with Gasteiger partial charge in [-0.2, -0.15) is 0 Å². The fourth-order valence-corrected chi connectivity index (χ4v) is 4.08. The molecule has 0 bridgehead atoms. The van der Waals surface area contributed by atoms with Gasteiger partial charge >= 0.3 is 0 Å². The summed E-state index contributed by atoms with van der Waals surface area (Å²) >= 11 is 0. The van der Waals surface area contributed by atoms with Crippen molar-refractivity contribution < 1.29 is 8.60 Å². The molecule has 0 amide bonds. The van der Waals surface area contributed by atoms with Crippen LogP contribution in [0.2, 0.25) is 0 Å². The van der Waals surface area contributed by atoms with E-state index in [0.29, 0.717) is 11.5 Å². The Morgan fingerprint density at radius 2 is 1.48 bits per heavy atom. The van der Waals surface area contributed by atoms with E-state index in [1.165, 1.54) is 34.4 Å². The molecule has 2 aromatic rings. The van der Waals surface area contributed by atoms with Gasteiger partial charge in [-0.25, -0.2) is 4.39 Å². The van der Waals surface area contributed by atoms with E-state index in [-0.39, 0.29) is 11.2 Å². The number of benzene rings is 2. The van der Waals surface area contributed by atoms with E-state index in [9.17, 15) is 8.60 Å². The third-order valence-electron chi connectivity index (χ3n) is 4.11. The van der Waals surface area contributed by atoms with Crippen LogP contribution in [0.1, 0.15) is 48.6 Å². The maximum absolute atomic E-state index is 12.9. The molecule has 1 nitrogen and oxygen atoms in total. The monoisotopic (exact) mass is 332 g/mol. The van der Waals surface area contributed by atoms with Crippen LogP contribution < -0.4 is 0 Å². The first kappa shape index (κ1) is 17.9. The van der Waals surface area contributed by atoms with Gasteiger partial charge in [0.15, 0.2) is 0 Å². The largest absolute Gasteiger partial charge is 0.259 e. The molecule has 0 aliphatic rings. The van der Waals surface area contributed by atoms with E-state index in [4.69, 9.17) is 0 Å². The van der Waals surface area contributed by atoms with Gasteiger partial charge in [-0.15, -0.1) is 0 Å². The minimum Gasteiger partial charge on any atom is -0.259 e. The van der Waals surface area contributed by atoms with Crippen molar-refractivity contribution in [3.05, 3.63) is 70.0 Å². The molecule has 0 unspecified atom stereocenters. The van der Waals surface area contributed by atoms with Crippen molar-refractivity contribution in [2.45, 2.75) is 51.5 Å². The quantitative estimate of drug-likeness (QED) is 0.753.